The number of esters is 1. The van der Waals surface area contributed by atoms with Crippen molar-refractivity contribution in [1.29, 1.82) is 0 Å². The van der Waals surface area contributed by atoms with Crippen LogP contribution < -0.4 is 11.1 Å². The Morgan fingerprint density at radius 3 is 2.52 bits per heavy atom. The van der Waals surface area contributed by atoms with Crippen LogP contribution in [0.5, 0.6) is 0 Å². The number of halogens is 1. The van der Waals surface area contributed by atoms with Crippen LogP contribution in [0.25, 0.3) is 0 Å². The predicted octanol–water partition coefficient (Wildman–Crippen LogP) is 1.87. The highest BCUT2D eigenvalue weighted by Crippen LogP contribution is 2.05. The van der Waals surface area contributed by atoms with Gasteiger partial charge in [0.25, 0.3) is 0 Å². The first-order valence-corrected chi connectivity index (χ1v) is 6.70. The number of nitrogens with one attached hydrogen (secondary N) is 1. The second-order valence-corrected chi connectivity index (χ2v) is 3.63. The van der Waals surface area contributed by atoms with Crippen LogP contribution in [0.2, 0.25) is 0 Å². The molecule has 0 heterocycles. The minimum Gasteiger partial charge on any atom is -0.461 e. The fourth-order valence-electron chi connectivity index (χ4n) is 1.29. The first kappa shape index (κ1) is 18.6. The number of hydrogen-bond acceptors (Lipinski definition) is 4. The van der Waals surface area contributed by atoms with E-state index < -0.39 is 17.7 Å². The van der Waals surface area contributed by atoms with Crippen molar-refractivity contribution in [3.05, 3.63) is 47.4 Å². The molecule has 0 aliphatic heterocycles. The summed E-state index contributed by atoms with van der Waals surface area (Å²) in [5.74, 6) is -1.76. The first-order valence-electron chi connectivity index (χ1n) is 6.70. The lowest BCUT2D eigenvalue weighted by molar-refractivity contribution is -0.138. The molecule has 0 saturated heterocycles. The third kappa shape index (κ3) is 7.10. The standard InChI is InChI=1S/C13H15FN2O3.C2H6/c1-2-19-13(18)11(15)7-12(17)16-8-9-5-3-4-6-10(9)14;1-2/h3-7H,2,8,15H2,1H3,(H,16,17);1-2H3/b11-7-;. The molecular formula is C15H21FN2O3. The summed E-state index contributed by atoms with van der Waals surface area (Å²) in [4.78, 5) is 22.6. The summed E-state index contributed by atoms with van der Waals surface area (Å²) >= 11 is 0. The van der Waals surface area contributed by atoms with E-state index in [1.165, 1.54) is 6.07 Å². The zero-order chi connectivity index (χ0) is 16.3. The molecule has 3 N–H and O–H groups in total. The van der Waals surface area contributed by atoms with E-state index in [0.717, 1.165) is 6.08 Å². The van der Waals surface area contributed by atoms with E-state index in [0.29, 0.717) is 5.56 Å². The molecule has 0 unspecified atom stereocenters. The molecule has 21 heavy (non-hydrogen) atoms. The molecule has 0 aliphatic rings. The quantitative estimate of drug-likeness (QED) is 0.642. The predicted molar refractivity (Wildman–Crippen MR) is 78.5 cm³/mol. The molecule has 5 nitrogen and oxygen atoms in total. The second-order valence-electron chi connectivity index (χ2n) is 3.63. The Morgan fingerprint density at radius 2 is 1.95 bits per heavy atom. The van der Waals surface area contributed by atoms with Crippen molar-refractivity contribution < 1.29 is 18.7 Å². The molecule has 1 aromatic carbocycles. The van der Waals surface area contributed by atoms with Crippen molar-refractivity contribution in [1.82, 2.24) is 5.32 Å². The van der Waals surface area contributed by atoms with E-state index in [9.17, 15) is 14.0 Å². The summed E-state index contributed by atoms with van der Waals surface area (Å²) in [5, 5.41) is 2.42. The maximum Gasteiger partial charge on any atom is 0.354 e. The van der Waals surface area contributed by atoms with Crippen LogP contribution in [0.4, 0.5) is 4.39 Å². The van der Waals surface area contributed by atoms with E-state index in [1.54, 1.807) is 25.1 Å². The number of carbonyl (C=O) groups is 2. The molecule has 0 radical (unpaired) electrons. The molecule has 0 bridgehead atoms. The van der Waals surface area contributed by atoms with E-state index >= 15 is 0 Å². The van der Waals surface area contributed by atoms with Gasteiger partial charge in [0.1, 0.15) is 11.5 Å². The van der Waals surface area contributed by atoms with Gasteiger partial charge in [0.05, 0.1) is 6.61 Å². The molecule has 0 spiro atoms. The van der Waals surface area contributed by atoms with Crippen molar-refractivity contribution in [2.45, 2.75) is 27.3 Å². The number of amides is 1. The molecule has 1 amide bonds. The highest BCUT2D eigenvalue weighted by Gasteiger charge is 2.08. The van der Waals surface area contributed by atoms with Gasteiger partial charge in [-0.2, -0.15) is 0 Å². The summed E-state index contributed by atoms with van der Waals surface area (Å²) in [6.45, 7) is 5.81. The molecule has 0 aliphatic carbocycles. The van der Waals surface area contributed by atoms with Crippen LogP contribution >= 0.6 is 0 Å². The second kappa shape index (κ2) is 10.4. The van der Waals surface area contributed by atoms with E-state index in [2.05, 4.69) is 10.1 Å². The van der Waals surface area contributed by atoms with E-state index in [4.69, 9.17) is 5.73 Å². The lowest BCUT2D eigenvalue weighted by Gasteiger charge is -2.05. The average Bonchev–Trinajstić information content (AvgIpc) is 2.48. The maximum atomic E-state index is 13.3. The zero-order valence-electron chi connectivity index (χ0n) is 12.5. The van der Waals surface area contributed by atoms with Crippen LogP contribution in [-0.2, 0) is 20.9 Å². The smallest absolute Gasteiger partial charge is 0.354 e. The van der Waals surface area contributed by atoms with Crippen molar-refractivity contribution in [3.8, 4) is 0 Å². The van der Waals surface area contributed by atoms with Gasteiger partial charge in [0.15, 0.2) is 0 Å². The molecule has 0 atom stereocenters. The molecule has 0 saturated carbocycles. The highest BCUT2D eigenvalue weighted by atomic mass is 19.1. The third-order valence-corrected chi connectivity index (χ3v) is 2.21. The van der Waals surface area contributed by atoms with E-state index in [-0.39, 0.29) is 18.8 Å². The van der Waals surface area contributed by atoms with Gasteiger partial charge in [-0.15, -0.1) is 0 Å². The van der Waals surface area contributed by atoms with Crippen molar-refractivity contribution in [3.63, 3.8) is 0 Å². The minimum absolute atomic E-state index is 0.0120. The Bertz CT molecular complexity index is 501. The van der Waals surface area contributed by atoms with Gasteiger partial charge in [-0.25, -0.2) is 9.18 Å². The van der Waals surface area contributed by atoms with Crippen molar-refractivity contribution in [2.75, 3.05) is 6.61 Å². The average molecular weight is 296 g/mol. The normalized spacial score (nSPS) is 10.2. The summed E-state index contributed by atoms with van der Waals surface area (Å²) in [5.41, 5.74) is 5.40. The largest absolute Gasteiger partial charge is 0.461 e. The van der Waals surface area contributed by atoms with Gasteiger partial charge in [-0.1, -0.05) is 32.0 Å². The molecular weight excluding hydrogens is 275 g/mol. The molecule has 1 rings (SSSR count). The lowest BCUT2D eigenvalue weighted by Crippen LogP contribution is -2.24. The van der Waals surface area contributed by atoms with E-state index in [1.807, 2.05) is 13.8 Å². The number of carbonyl (C=O) groups excluding carboxylic acids is 2. The van der Waals surface area contributed by atoms with Crippen LogP contribution in [0, 0.1) is 5.82 Å². The minimum atomic E-state index is -0.761. The lowest BCUT2D eigenvalue weighted by atomic mass is 10.2. The molecule has 6 heteroatoms. The maximum absolute atomic E-state index is 13.3. The van der Waals surface area contributed by atoms with Gasteiger partial charge in [-0.05, 0) is 13.0 Å². The van der Waals surface area contributed by atoms with Crippen LogP contribution in [0.1, 0.15) is 26.3 Å². The van der Waals surface area contributed by atoms with Gasteiger partial charge in [-0.3, -0.25) is 4.79 Å². The van der Waals surface area contributed by atoms with Crippen LogP contribution in [-0.4, -0.2) is 18.5 Å². The Morgan fingerprint density at radius 1 is 1.33 bits per heavy atom. The Hall–Kier alpha value is -2.37. The van der Waals surface area contributed by atoms with Gasteiger partial charge in [0.2, 0.25) is 5.91 Å². The Labute approximate surface area is 124 Å². The topological polar surface area (TPSA) is 81.4 Å². The number of hydrogen-bond donors (Lipinski definition) is 2. The number of ether oxygens (including phenoxy) is 1. The number of benzene rings is 1. The van der Waals surface area contributed by atoms with Gasteiger partial charge >= 0.3 is 5.97 Å². The highest BCUT2D eigenvalue weighted by molar-refractivity contribution is 5.97. The number of nitrogens with two attached hydrogens (primary N) is 1. The summed E-state index contributed by atoms with van der Waals surface area (Å²) in [6, 6.07) is 6.06. The third-order valence-electron chi connectivity index (χ3n) is 2.21. The van der Waals surface area contributed by atoms with Crippen molar-refractivity contribution >= 4 is 11.9 Å². The van der Waals surface area contributed by atoms with Crippen molar-refractivity contribution in [2.24, 2.45) is 5.73 Å². The molecule has 0 aromatic heterocycles. The Balaban J connectivity index is 0.00000191. The first-order chi connectivity index (χ1) is 10.0. The van der Waals surface area contributed by atoms with Gasteiger partial charge < -0.3 is 15.8 Å². The Kier molecular flexibility index (Phi) is 9.25. The fraction of sp³-hybridized carbons (Fsp3) is 0.333. The zero-order valence-corrected chi connectivity index (χ0v) is 12.5. The molecule has 0 fully saturated rings. The summed E-state index contributed by atoms with van der Waals surface area (Å²) < 4.78 is 17.9. The number of rotatable bonds is 5. The SMILES string of the molecule is CC.CCOC(=O)/C(N)=C/C(=O)NCc1ccccc1F. The molecule has 1 aromatic rings. The van der Waals surface area contributed by atoms with Crippen LogP contribution in [0.15, 0.2) is 36.0 Å². The fourth-order valence-corrected chi connectivity index (χ4v) is 1.29. The molecule has 116 valence electrons. The monoisotopic (exact) mass is 296 g/mol. The van der Waals surface area contributed by atoms with Crippen LogP contribution in [0.3, 0.4) is 0 Å². The van der Waals surface area contributed by atoms with Gasteiger partial charge in [0, 0.05) is 18.2 Å². The summed E-state index contributed by atoms with van der Waals surface area (Å²) in [6.07, 6.45) is 0.916. The summed E-state index contributed by atoms with van der Waals surface area (Å²) in [7, 11) is 0.